The van der Waals surface area contributed by atoms with Gasteiger partial charge in [-0.2, -0.15) is 11.3 Å². The van der Waals surface area contributed by atoms with E-state index in [-0.39, 0.29) is 35.3 Å². The van der Waals surface area contributed by atoms with Crippen molar-refractivity contribution in [2.45, 2.75) is 44.1 Å². The van der Waals surface area contributed by atoms with Crippen LogP contribution in [0.3, 0.4) is 0 Å². The van der Waals surface area contributed by atoms with Gasteiger partial charge in [-0.3, -0.25) is 14.4 Å². The van der Waals surface area contributed by atoms with Crippen molar-refractivity contribution in [3.63, 3.8) is 0 Å². The molecule has 0 radical (unpaired) electrons. The number of piperidine rings is 1. The lowest BCUT2D eigenvalue weighted by atomic mass is 9.82. The number of fused-ring (bicyclic) bond motifs is 1. The average Bonchev–Trinajstić information content (AvgIpc) is 3.53. The molecule has 1 aliphatic carbocycles. The van der Waals surface area contributed by atoms with Crippen molar-refractivity contribution in [1.29, 1.82) is 0 Å². The summed E-state index contributed by atoms with van der Waals surface area (Å²) in [7, 11) is 0. The molecule has 0 unspecified atom stereocenters. The topological polar surface area (TPSA) is 73.5 Å². The summed E-state index contributed by atoms with van der Waals surface area (Å²) < 4.78 is 0. The van der Waals surface area contributed by atoms with Crippen molar-refractivity contribution in [2.24, 2.45) is 11.8 Å². The number of H-pyrrole nitrogens is 1. The molecule has 0 spiro atoms. The van der Waals surface area contributed by atoms with Crippen molar-refractivity contribution in [3.05, 3.63) is 56.6 Å². The molecule has 30 heavy (non-hydrogen) atoms. The van der Waals surface area contributed by atoms with Crippen LogP contribution in [0.25, 0.3) is 0 Å². The third-order valence-corrected chi connectivity index (χ3v) is 7.90. The summed E-state index contributed by atoms with van der Waals surface area (Å²) in [6.45, 7) is 2.01. The quantitative estimate of drug-likeness (QED) is 0.821. The van der Waals surface area contributed by atoms with E-state index in [0.29, 0.717) is 24.6 Å². The smallest absolute Gasteiger partial charge is 0.254 e. The van der Waals surface area contributed by atoms with Crippen LogP contribution in [-0.4, -0.2) is 52.3 Å². The molecule has 3 atom stereocenters. The first kappa shape index (κ1) is 19.5. The zero-order chi connectivity index (χ0) is 20.7. The van der Waals surface area contributed by atoms with Gasteiger partial charge < -0.3 is 14.8 Å². The van der Waals surface area contributed by atoms with Crippen molar-refractivity contribution < 1.29 is 9.59 Å². The number of nitrogens with one attached hydrogen (secondary N) is 1. The Bertz CT molecular complexity index is 980. The summed E-state index contributed by atoms with van der Waals surface area (Å²) in [6.07, 6.45) is 6.67. The normalized spacial score (nSPS) is 26.7. The van der Waals surface area contributed by atoms with Gasteiger partial charge in [-0.25, -0.2) is 0 Å². The molecule has 4 heterocycles. The Morgan fingerprint density at radius 2 is 1.93 bits per heavy atom. The minimum Gasteiger partial charge on any atom is -0.338 e. The Labute approximate surface area is 179 Å². The van der Waals surface area contributed by atoms with Crippen LogP contribution in [0.2, 0.25) is 0 Å². The molecule has 3 fully saturated rings. The minimum atomic E-state index is -0.263. The highest BCUT2D eigenvalue weighted by molar-refractivity contribution is 7.08. The Morgan fingerprint density at radius 1 is 1.10 bits per heavy atom. The van der Waals surface area contributed by atoms with Crippen molar-refractivity contribution in [2.75, 3.05) is 19.6 Å². The van der Waals surface area contributed by atoms with Crippen LogP contribution >= 0.6 is 11.3 Å². The van der Waals surface area contributed by atoms with Gasteiger partial charge in [0, 0.05) is 61.3 Å². The number of aromatic amines is 1. The summed E-state index contributed by atoms with van der Waals surface area (Å²) >= 11 is 1.68. The minimum absolute atomic E-state index is 0.0933. The summed E-state index contributed by atoms with van der Waals surface area (Å²) in [5, 5.41) is 4.27. The summed E-state index contributed by atoms with van der Waals surface area (Å²) in [5.74, 6) is 0.924. The van der Waals surface area contributed by atoms with E-state index in [0.717, 1.165) is 38.6 Å². The first-order valence-electron chi connectivity index (χ1n) is 10.9. The molecule has 5 rings (SSSR count). The SMILES string of the molecule is O=C(c1cc[nH]c(=O)c1)N1CC[C@H]2[C@@H](C1)[C@H](c1ccsc1)CN2C(=O)C1CCCC1. The number of rotatable bonds is 3. The molecule has 2 aromatic heterocycles. The van der Waals surface area contributed by atoms with Gasteiger partial charge in [0.1, 0.15) is 0 Å². The average molecular weight is 426 g/mol. The van der Waals surface area contributed by atoms with Crippen LogP contribution in [0.5, 0.6) is 0 Å². The van der Waals surface area contributed by atoms with Crippen LogP contribution in [0.1, 0.15) is 53.9 Å². The van der Waals surface area contributed by atoms with Crippen LogP contribution in [0.4, 0.5) is 0 Å². The van der Waals surface area contributed by atoms with Gasteiger partial charge in [0.2, 0.25) is 11.5 Å². The van der Waals surface area contributed by atoms with Gasteiger partial charge in [0.05, 0.1) is 0 Å². The molecule has 2 aromatic rings. The first-order valence-corrected chi connectivity index (χ1v) is 11.9. The molecule has 2 saturated heterocycles. The third kappa shape index (κ3) is 3.49. The molecule has 158 valence electrons. The number of aromatic nitrogens is 1. The van der Waals surface area contributed by atoms with Crippen LogP contribution in [-0.2, 0) is 4.79 Å². The number of nitrogens with zero attached hydrogens (tertiary/aromatic N) is 2. The largest absolute Gasteiger partial charge is 0.338 e. The summed E-state index contributed by atoms with van der Waals surface area (Å²) in [5.41, 5.74) is 1.45. The van der Waals surface area contributed by atoms with Gasteiger partial charge in [0.25, 0.3) is 5.91 Å². The molecule has 3 aliphatic rings. The predicted octanol–water partition coefficient (Wildman–Crippen LogP) is 3.08. The lowest BCUT2D eigenvalue weighted by Crippen LogP contribution is -2.50. The van der Waals surface area contributed by atoms with Gasteiger partial charge in [-0.05, 0) is 47.7 Å². The monoisotopic (exact) mass is 425 g/mol. The lowest BCUT2D eigenvalue weighted by molar-refractivity contribution is -0.137. The summed E-state index contributed by atoms with van der Waals surface area (Å²) in [6, 6.07) is 5.39. The fourth-order valence-electron chi connectivity index (χ4n) is 5.68. The molecule has 1 saturated carbocycles. The van der Waals surface area contributed by atoms with Gasteiger partial charge in [-0.1, -0.05) is 12.8 Å². The van der Waals surface area contributed by atoms with Crippen molar-refractivity contribution >= 4 is 23.2 Å². The molecule has 1 N–H and O–H groups in total. The number of hydrogen-bond donors (Lipinski definition) is 1. The van der Waals surface area contributed by atoms with E-state index in [1.165, 1.54) is 17.8 Å². The van der Waals surface area contributed by atoms with E-state index in [9.17, 15) is 14.4 Å². The highest BCUT2D eigenvalue weighted by Gasteiger charge is 2.48. The molecule has 0 aromatic carbocycles. The number of likely N-dealkylation sites (tertiary alicyclic amines) is 2. The third-order valence-electron chi connectivity index (χ3n) is 7.20. The highest BCUT2D eigenvalue weighted by Crippen LogP contribution is 2.43. The predicted molar refractivity (Wildman–Crippen MR) is 116 cm³/mol. The fourth-order valence-corrected chi connectivity index (χ4v) is 6.40. The molecular weight excluding hydrogens is 398 g/mol. The number of pyridine rings is 1. The Hall–Kier alpha value is -2.41. The van der Waals surface area contributed by atoms with Crippen LogP contribution < -0.4 is 5.56 Å². The maximum Gasteiger partial charge on any atom is 0.254 e. The molecule has 0 bridgehead atoms. The van der Waals surface area contributed by atoms with E-state index < -0.39 is 0 Å². The standard InChI is InChI=1S/C23H27N3O3S/c27-21-11-16(5-8-24-21)22(28)25-9-6-20-19(12-25)18(17-7-10-30-14-17)13-26(20)23(29)15-3-1-2-4-15/h5,7-8,10-11,14-15,18-20H,1-4,6,9,12-13H2,(H,24,27)/t18-,19-,20-/m0/s1. The number of carbonyl (C=O) groups excluding carboxylic acids is 2. The maximum absolute atomic E-state index is 13.3. The Kier molecular flexibility index (Phi) is 5.23. The number of carbonyl (C=O) groups is 2. The Morgan fingerprint density at radius 3 is 2.67 bits per heavy atom. The first-order chi connectivity index (χ1) is 14.6. The molecule has 2 amide bonds. The lowest BCUT2D eigenvalue weighted by Gasteiger charge is -2.39. The van der Waals surface area contributed by atoms with Crippen LogP contribution in [0.15, 0.2) is 40.0 Å². The van der Waals surface area contributed by atoms with E-state index in [4.69, 9.17) is 0 Å². The van der Waals surface area contributed by atoms with E-state index >= 15 is 0 Å². The van der Waals surface area contributed by atoms with E-state index in [2.05, 4.69) is 26.7 Å². The zero-order valence-corrected chi connectivity index (χ0v) is 17.8. The second-order valence-corrected chi connectivity index (χ2v) is 9.63. The van der Waals surface area contributed by atoms with Crippen LogP contribution in [0, 0.1) is 11.8 Å². The van der Waals surface area contributed by atoms with E-state index in [1.807, 2.05) is 4.90 Å². The highest BCUT2D eigenvalue weighted by atomic mass is 32.1. The van der Waals surface area contributed by atoms with E-state index in [1.54, 1.807) is 17.4 Å². The zero-order valence-electron chi connectivity index (χ0n) is 17.0. The number of hydrogen-bond acceptors (Lipinski definition) is 4. The molecule has 6 nitrogen and oxygen atoms in total. The number of amides is 2. The van der Waals surface area contributed by atoms with Crippen molar-refractivity contribution in [3.8, 4) is 0 Å². The molecular formula is C23H27N3O3S. The molecule has 7 heteroatoms. The second kappa shape index (κ2) is 8.02. The fraction of sp³-hybridized carbons (Fsp3) is 0.522. The maximum atomic E-state index is 13.3. The van der Waals surface area contributed by atoms with Gasteiger partial charge in [-0.15, -0.1) is 0 Å². The number of thiophene rings is 1. The van der Waals surface area contributed by atoms with Gasteiger partial charge >= 0.3 is 0 Å². The molecule has 2 aliphatic heterocycles. The Balaban J connectivity index is 1.39. The van der Waals surface area contributed by atoms with Gasteiger partial charge in [0.15, 0.2) is 0 Å². The van der Waals surface area contributed by atoms with Crippen molar-refractivity contribution in [1.82, 2.24) is 14.8 Å². The summed E-state index contributed by atoms with van der Waals surface area (Å²) in [4.78, 5) is 44.6. The second-order valence-electron chi connectivity index (χ2n) is 8.85.